The predicted molar refractivity (Wildman–Crippen MR) is 82.3 cm³/mol. The second kappa shape index (κ2) is 5.14. The Hall–Kier alpha value is -1.78. The van der Waals surface area contributed by atoms with Crippen molar-refractivity contribution in [1.82, 2.24) is 14.8 Å². The van der Waals surface area contributed by atoms with Crippen molar-refractivity contribution in [3.8, 4) is 0 Å². The summed E-state index contributed by atoms with van der Waals surface area (Å²) in [6.45, 7) is 3.42. The average Bonchev–Trinajstić information content (AvgIpc) is 3.06. The van der Waals surface area contributed by atoms with Gasteiger partial charge in [0.25, 0.3) is 5.91 Å². The standard InChI is InChI=1S/C17H23N3O2/c21-15-9-17(12-20(15)11-13-1-2-13)4-7-19(8-5-17)16(22)14-3-6-18-10-14/h3,6,10,13,18H,1-2,4-5,7-9,11-12H2. The van der Waals surface area contributed by atoms with E-state index in [0.717, 1.165) is 50.5 Å². The number of amides is 2. The molecule has 0 unspecified atom stereocenters. The fourth-order valence-corrected chi connectivity index (χ4v) is 3.92. The molecule has 0 radical (unpaired) electrons. The Bertz CT molecular complexity index is 569. The van der Waals surface area contributed by atoms with Crippen molar-refractivity contribution in [2.75, 3.05) is 26.2 Å². The van der Waals surface area contributed by atoms with Crippen LogP contribution in [-0.4, -0.2) is 52.8 Å². The lowest BCUT2D eigenvalue weighted by atomic mass is 9.77. The van der Waals surface area contributed by atoms with Crippen molar-refractivity contribution < 1.29 is 9.59 Å². The van der Waals surface area contributed by atoms with Gasteiger partial charge in [-0.05, 0) is 37.7 Å². The van der Waals surface area contributed by atoms with Crippen molar-refractivity contribution in [1.29, 1.82) is 0 Å². The third-order valence-corrected chi connectivity index (χ3v) is 5.54. The number of carbonyl (C=O) groups is 2. The predicted octanol–water partition coefficient (Wildman–Crippen LogP) is 1.88. The molecule has 1 aromatic heterocycles. The maximum absolute atomic E-state index is 12.4. The second-order valence-corrected chi connectivity index (χ2v) is 7.29. The number of aromatic nitrogens is 1. The van der Waals surface area contributed by atoms with Crippen molar-refractivity contribution in [2.24, 2.45) is 11.3 Å². The molecule has 22 heavy (non-hydrogen) atoms. The third kappa shape index (κ3) is 2.53. The largest absolute Gasteiger partial charge is 0.367 e. The van der Waals surface area contributed by atoms with E-state index in [1.54, 1.807) is 12.4 Å². The molecule has 0 aromatic carbocycles. The number of hydrogen-bond donors (Lipinski definition) is 1. The zero-order valence-corrected chi connectivity index (χ0v) is 12.9. The summed E-state index contributed by atoms with van der Waals surface area (Å²) in [5.74, 6) is 1.20. The highest BCUT2D eigenvalue weighted by atomic mass is 16.2. The van der Waals surface area contributed by atoms with E-state index >= 15 is 0 Å². The molecule has 4 rings (SSSR count). The van der Waals surface area contributed by atoms with Gasteiger partial charge in [0.1, 0.15) is 0 Å². The number of hydrogen-bond acceptors (Lipinski definition) is 2. The number of carbonyl (C=O) groups excluding carboxylic acids is 2. The van der Waals surface area contributed by atoms with E-state index in [-0.39, 0.29) is 11.3 Å². The first kappa shape index (κ1) is 13.9. The van der Waals surface area contributed by atoms with E-state index < -0.39 is 0 Å². The van der Waals surface area contributed by atoms with Crippen molar-refractivity contribution in [3.05, 3.63) is 24.0 Å². The van der Waals surface area contributed by atoms with E-state index in [1.807, 2.05) is 11.0 Å². The monoisotopic (exact) mass is 301 g/mol. The number of H-pyrrole nitrogens is 1. The van der Waals surface area contributed by atoms with Crippen LogP contribution < -0.4 is 0 Å². The summed E-state index contributed by atoms with van der Waals surface area (Å²) in [6.07, 6.45) is 8.71. The molecule has 1 aliphatic carbocycles. The Kier molecular flexibility index (Phi) is 3.24. The summed E-state index contributed by atoms with van der Waals surface area (Å²) in [4.78, 5) is 31.6. The first-order valence-electron chi connectivity index (χ1n) is 8.35. The molecule has 5 heteroatoms. The molecule has 3 aliphatic rings. The highest BCUT2D eigenvalue weighted by molar-refractivity contribution is 5.94. The number of nitrogens with one attached hydrogen (secondary N) is 1. The smallest absolute Gasteiger partial charge is 0.255 e. The van der Waals surface area contributed by atoms with Crippen LogP contribution in [-0.2, 0) is 4.79 Å². The minimum absolute atomic E-state index is 0.107. The van der Waals surface area contributed by atoms with Gasteiger partial charge in [-0.15, -0.1) is 0 Å². The maximum Gasteiger partial charge on any atom is 0.255 e. The molecular weight excluding hydrogens is 278 g/mol. The first-order valence-corrected chi connectivity index (χ1v) is 8.35. The van der Waals surface area contributed by atoms with Crippen molar-refractivity contribution in [3.63, 3.8) is 0 Å². The van der Waals surface area contributed by atoms with Gasteiger partial charge in [0.2, 0.25) is 5.91 Å². The van der Waals surface area contributed by atoms with Crippen LogP contribution in [0.3, 0.4) is 0 Å². The summed E-state index contributed by atoms with van der Waals surface area (Å²) in [5.41, 5.74) is 0.856. The molecule has 1 aromatic rings. The summed E-state index contributed by atoms with van der Waals surface area (Å²) in [6, 6.07) is 1.82. The maximum atomic E-state index is 12.4. The summed E-state index contributed by atoms with van der Waals surface area (Å²) in [7, 11) is 0. The van der Waals surface area contributed by atoms with Crippen molar-refractivity contribution >= 4 is 11.8 Å². The normalized spacial score (nSPS) is 24.3. The summed E-state index contributed by atoms with van der Waals surface area (Å²) in [5, 5.41) is 0. The van der Waals surface area contributed by atoms with Crippen molar-refractivity contribution in [2.45, 2.75) is 32.1 Å². The Morgan fingerprint density at radius 3 is 2.73 bits per heavy atom. The van der Waals surface area contributed by atoms with Gasteiger partial charge in [-0.3, -0.25) is 9.59 Å². The molecule has 5 nitrogen and oxygen atoms in total. The van der Waals surface area contributed by atoms with Gasteiger partial charge in [0.05, 0.1) is 5.56 Å². The summed E-state index contributed by atoms with van der Waals surface area (Å²) < 4.78 is 0. The highest BCUT2D eigenvalue weighted by Crippen LogP contribution is 2.42. The summed E-state index contributed by atoms with van der Waals surface area (Å²) >= 11 is 0. The zero-order valence-electron chi connectivity index (χ0n) is 12.9. The Morgan fingerprint density at radius 2 is 2.09 bits per heavy atom. The van der Waals surface area contributed by atoms with Crippen LogP contribution in [0.4, 0.5) is 0 Å². The topological polar surface area (TPSA) is 56.4 Å². The molecule has 0 bridgehead atoms. The molecule has 1 spiro atoms. The van der Waals surface area contributed by atoms with Crippen LogP contribution in [0.15, 0.2) is 18.5 Å². The molecule has 0 atom stereocenters. The average molecular weight is 301 g/mol. The van der Waals surface area contributed by atoms with E-state index in [1.165, 1.54) is 12.8 Å². The van der Waals surface area contributed by atoms with Gasteiger partial charge in [0, 0.05) is 50.4 Å². The SMILES string of the molecule is O=C1CC2(CCN(C(=O)c3cc[nH]c3)CC2)CN1CC1CC1. The van der Waals surface area contributed by atoms with Crippen LogP contribution in [0.5, 0.6) is 0 Å². The lowest BCUT2D eigenvalue weighted by Crippen LogP contribution is -2.44. The minimum atomic E-state index is 0.107. The van der Waals surface area contributed by atoms with E-state index in [2.05, 4.69) is 9.88 Å². The third-order valence-electron chi connectivity index (χ3n) is 5.54. The Morgan fingerprint density at radius 1 is 1.32 bits per heavy atom. The van der Waals surface area contributed by atoms with Gasteiger partial charge >= 0.3 is 0 Å². The fraction of sp³-hybridized carbons (Fsp3) is 0.647. The number of rotatable bonds is 3. The lowest BCUT2D eigenvalue weighted by Gasteiger charge is -2.38. The van der Waals surface area contributed by atoms with Gasteiger partial charge in [-0.1, -0.05) is 0 Å². The Labute approximate surface area is 130 Å². The molecule has 3 fully saturated rings. The molecular formula is C17H23N3O2. The van der Waals surface area contributed by atoms with Crippen LogP contribution in [0, 0.1) is 11.3 Å². The van der Waals surface area contributed by atoms with E-state index in [4.69, 9.17) is 0 Å². The molecule has 2 saturated heterocycles. The number of piperidine rings is 1. The van der Waals surface area contributed by atoms with Crippen LogP contribution >= 0.6 is 0 Å². The van der Waals surface area contributed by atoms with E-state index in [9.17, 15) is 9.59 Å². The Balaban J connectivity index is 1.37. The number of likely N-dealkylation sites (tertiary alicyclic amines) is 2. The van der Waals surface area contributed by atoms with Crippen LogP contribution in [0.1, 0.15) is 42.5 Å². The van der Waals surface area contributed by atoms with Gasteiger partial charge < -0.3 is 14.8 Å². The highest BCUT2D eigenvalue weighted by Gasteiger charge is 2.46. The molecule has 118 valence electrons. The fourth-order valence-electron chi connectivity index (χ4n) is 3.92. The second-order valence-electron chi connectivity index (χ2n) is 7.29. The molecule has 3 heterocycles. The molecule has 1 saturated carbocycles. The zero-order chi connectivity index (χ0) is 15.2. The molecule has 2 aliphatic heterocycles. The molecule has 2 amide bonds. The van der Waals surface area contributed by atoms with Gasteiger partial charge in [-0.2, -0.15) is 0 Å². The minimum Gasteiger partial charge on any atom is -0.367 e. The first-order chi connectivity index (χ1) is 10.7. The quantitative estimate of drug-likeness (QED) is 0.927. The van der Waals surface area contributed by atoms with Gasteiger partial charge in [0.15, 0.2) is 0 Å². The molecule has 1 N–H and O–H groups in total. The van der Waals surface area contributed by atoms with Crippen LogP contribution in [0.2, 0.25) is 0 Å². The van der Waals surface area contributed by atoms with Gasteiger partial charge in [-0.25, -0.2) is 0 Å². The van der Waals surface area contributed by atoms with Crippen LogP contribution in [0.25, 0.3) is 0 Å². The van der Waals surface area contributed by atoms with E-state index in [0.29, 0.717) is 12.3 Å². The lowest BCUT2D eigenvalue weighted by molar-refractivity contribution is -0.128. The number of nitrogens with zero attached hydrogens (tertiary/aromatic N) is 2. The number of aromatic amines is 1.